The number of unbranched alkanes of at least 4 members (excludes halogenated alkanes) is 10. The standard InChI is InChI=1S/C30H45F3O2/c1-3-5-7-9-10-11-12-17-25-34-29(35-28(30(31,32)33)20-16-8-6-4-2)23-21-27(22-24-29)26-18-14-13-15-19-26/h13-15,18-19,21-23,28H,3-12,16-17,20,24-25H2,1-2H3. The molecule has 0 saturated heterocycles. The van der Waals surface area contributed by atoms with E-state index < -0.39 is 18.1 Å². The number of benzene rings is 1. The minimum absolute atomic E-state index is 0.0323. The van der Waals surface area contributed by atoms with Gasteiger partial charge in [0.05, 0.1) is 6.61 Å². The molecule has 1 aromatic rings. The molecule has 2 unspecified atom stereocenters. The fraction of sp³-hybridized carbons (Fsp3) is 0.667. The molecule has 0 spiro atoms. The van der Waals surface area contributed by atoms with Crippen LogP contribution in [0, 0.1) is 0 Å². The third kappa shape index (κ3) is 11.3. The molecule has 0 aromatic heterocycles. The van der Waals surface area contributed by atoms with Crippen molar-refractivity contribution in [3.63, 3.8) is 0 Å². The Balaban J connectivity index is 1.99. The molecule has 0 fully saturated rings. The van der Waals surface area contributed by atoms with Crippen molar-refractivity contribution >= 4 is 5.57 Å². The minimum Gasteiger partial charge on any atom is -0.346 e. The third-order valence-electron chi connectivity index (χ3n) is 6.60. The van der Waals surface area contributed by atoms with Crippen LogP contribution in [0.25, 0.3) is 5.57 Å². The van der Waals surface area contributed by atoms with Crippen LogP contribution in [0.3, 0.4) is 0 Å². The van der Waals surface area contributed by atoms with Crippen molar-refractivity contribution in [3.05, 3.63) is 54.1 Å². The van der Waals surface area contributed by atoms with E-state index in [4.69, 9.17) is 9.47 Å². The van der Waals surface area contributed by atoms with Crippen molar-refractivity contribution in [2.45, 2.75) is 122 Å². The molecule has 1 aliphatic carbocycles. The SMILES string of the molecule is CCCCCCCCCCOC1(OC(CCCCCC)C(F)(F)F)C=CC(c2ccccc2)=CC1. The van der Waals surface area contributed by atoms with Crippen molar-refractivity contribution in [2.24, 2.45) is 0 Å². The summed E-state index contributed by atoms with van der Waals surface area (Å²) < 4.78 is 53.6. The fourth-order valence-electron chi connectivity index (χ4n) is 4.45. The van der Waals surface area contributed by atoms with E-state index in [1.165, 1.54) is 32.1 Å². The van der Waals surface area contributed by atoms with Gasteiger partial charge in [-0.3, -0.25) is 0 Å². The van der Waals surface area contributed by atoms with Gasteiger partial charge in [0, 0.05) is 6.42 Å². The minimum atomic E-state index is -4.42. The number of allylic oxidation sites excluding steroid dienone is 2. The zero-order valence-corrected chi connectivity index (χ0v) is 21.8. The molecule has 0 aliphatic heterocycles. The molecule has 198 valence electrons. The van der Waals surface area contributed by atoms with E-state index in [0.717, 1.165) is 49.7 Å². The predicted octanol–water partition coefficient (Wildman–Crippen LogP) is 9.80. The van der Waals surface area contributed by atoms with Crippen molar-refractivity contribution < 1.29 is 22.6 Å². The van der Waals surface area contributed by atoms with E-state index in [2.05, 4.69) is 13.8 Å². The van der Waals surface area contributed by atoms with Gasteiger partial charge in [-0.1, -0.05) is 127 Å². The van der Waals surface area contributed by atoms with Crippen LogP contribution < -0.4 is 0 Å². The van der Waals surface area contributed by atoms with Crippen molar-refractivity contribution in [1.29, 1.82) is 0 Å². The average Bonchev–Trinajstić information content (AvgIpc) is 2.85. The van der Waals surface area contributed by atoms with Gasteiger partial charge in [-0.2, -0.15) is 13.2 Å². The lowest BCUT2D eigenvalue weighted by Gasteiger charge is -2.37. The second-order valence-electron chi connectivity index (χ2n) is 9.70. The van der Waals surface area contributed by atoms with Gasteiger partial charge < -0.3 is 9.47 Å². The van der Waals surface area contributed by atoms with Gasteiger partial charge in [0.2, 0.25) is 0 Å². The van der Waals surface area contributed by atoms with Gasteiger partial charge in [0.1, 0.15) is 0 Å². The fourth-order valence-corrected chi connectivity index (χ4v) is 4.45. The number of rotatable bonds is 18. The highest BCUT2D eigenvalue weighted by Gasteiger charge is 2.45. The Bertz CT molecular complexity index is 742. The number of hydrogen-bond donors (Lipinski definition) is 0. The van der Waals surface area contributed by atoms with Crippen LogP contribution in [0.1, 0.15) is 109 Å². The lowest BCUT2D eigenvalue weighted by atomic mass is 9.96. The first-order valence-electron chi connectivity index (χ1n) is 13.7. The van der Waals surface area contributed by atoms with Crippen molar-refractivity contribution in [3.8, 4) is 0 Å². The molecule has 0 heterocycles. The van der Waals surface area contributed by atoms with Crippen LogP contribution in [0.2, 0.25) is 0 Å². The Kier molecular flexibility index (Phi) is 13.7. The van der Waals surface area contributed by atoms with E-state index in [-0.39, 0.29) is 12.8 Å². The van der Waals surface area contributed by atoms with E-state index in [1.54, 1.807) is 6.08 Å². The Labute approximate surface area is 211 Å². The third-order valence-corrected chi connectivity index (χ3v) is 6.60. The van der Waals surface area contributed by atoms with Crippen LogP contribution in [-0.2, 0) is 9.47 Å². The Morgan fingerprint density at radius 3 is 2.00 bits per heavy atom. The molecule has 0 amide bonds. The molecule has 0 bridgehead atoms. The monoisotopic (exact) mass is 494 g/mol. The first-order chi connectivity index (χ1) is 16.9. The summed E-state index contributed by atoms with van der Waals surface area (Å²) in [6.45, 7) is 4.66. The summed E-state index contributed by atoms with van der Waals surface area (Å²) in [6.07, 6.45) is 11.9. The molecule has 1 aromatic carbocycles. The maximum Gasteiger partial charge on any atom is 0.414 e. The summed E-state index contributed by atoms with van der Waals surface area (Å²) in [5, 5.41) is 0. The largest absolute Gasteiger partial charge is 0.414 e. The highest BCUT2D eigenvalue weighted by atomic mass is 19.4. The van der Waals surface area contributed by atoms with Crippen molar-refractivity contribution in [2.75, 3.05) is 6.61 Å². The lowest BCUT2D eigenvalue weighted by molar-refractivity contribution is -0.302. The van der Waals surface area contributed by atoms with E-state index >= 15 is 0 Å². The molecule has 5 heteroatoms. The molecular weight excluding hydrogens is 449 g/mol. The van der Waals surface area contributed by atoms with Crippen LogP contribution in [-0.4, -0.2) is 24.7 Å². The molecule has 0 N–H and O–H groups in total. The van der Waals surface area contributed by atoms with Gasteiger partial charge >= 0.3 is 6.18 Å². The van der Waals surface area contributed by atoms with Gasteiger partial charge in [0.25, 0.3) is 0 Å². The Morgan fingerprint density at radius 2 is 1.43 bits per heavy atom. The number of alkyl halides is 3. The molecule has 2 atom stereocenters. The zero-order valence-electron chi connectivity index (χ0n) is 21.8. The van der Waals surface area contributed by atoms with Gasteiger partial charge in [-0.05, 0) is 30.1 Å². The smallest absolute Gasteiger partial charge is 0.346 e. The van der Waals surface area contributed by atoms with Crippen LogP contribution >= 0.6 is 0 Å². The van der Waals surface area contributed by atoms with E-state index in [0.29, 0.717) is 13.0 Å². The molecule has 2 rings (SSSR count). The average molecular weight is 495 g/mol. The summed E-state index contributed by atoms with van der Waals surface area (Å²) in [4.78, 5) is 0. The maximum absolute atomic E-state index is 13.9. The van der Waals surface area contributed by atoms with Crippen LogP contribution in [0.4, 0.5) is 13.2 Å². The lowest BCUT2D eigenvalue weighted by Crippen LogP contribution is -2.44. The highest BCUT2D eigenvalue weighted by molar-refractivity contribution is 5.75. The molecule has 1 aliphatic rings. The summed E-state index contributed by atoms with van der Waals surface area (Å²) in [7, 11) is 0. The van der Waals surface area contributed by atoms with Crippen LogP contribution in [0.5, 0.6) is 0 Å². The normalized spacial score (nSPS) is 19.1. The van der Waals surface area contributed by atoms with E-state index in [1.807, 2.05) is 42.5 Å². The Hall–Kier alpha value is -1.59. The summed E-state index contributed by atoms with van der Waals surface area (Å²) in [5.74, 6) is -1.37. The molecule has 2 nitrogen and oxygen atoms in total. The second-order valence-corrected chi connectivity index (χ2v) is 9.70. The molecule has 0 radical (unpaired) electrons. The molecule has 0 saturated carbocycles. The zero-order chi connectivity index (χ0) is 25.4. The number of ether oxygens (including phenoxy) is 2. The second kappa shape index (κ2) is 16.2. The predicted molar refractivity (Wildman–Crippen MR) is 139 cm³/mol. The Morgan fingerprint density at radius 1 is 0.829 bits per heavy atom. The van der Waals surface area contributed by atoms with E-state index in [9.17, 15) is 13.2 Å². The van der Waals surface area contributed by atoms with Gasteiger partial charge in [-0.15, -0.1) is 0 Å². The molecule has 35 heavy (non-hydrogen) atoms. The maximum atomic E-state index is 13.9. The summed E-state index contributed by atoms with van der Waals surface area (Å²) >= 11 is 0. The number of halogens is 3. The topological polar surface area (TPSA) is 18.5 Å². The number of hydrogen-bond acceptors (Lipinski definition) is 2. The first-order valence-corrected chi connectivity index (χ1v) is 13.7. The van der Waals surface area contributed by atoms with Crippen LogP contribution in [0.15, 0.2) is 48.6 Å². The summed E-state index contributed by atoms with van der Waals surface area (Å²) in [6, 6.07) is 9.85. The summed E-state index contributed by atoms with van der Waals surface area (Å²) in [5.41, 5.74) is 2.01. The van der Waals surface area contributed by atoms with Gasteiger partial charge in [0.15, 0.2) is 11.9 Å². The first kappa shape index (κ1) is 29.6. The quantitative estimate of drug-likeness (QED) is 0.149. The van der Waals surface area contributed by atoms with Crippen molar-refractivity contribution in [1.82, 2.24) is 0 Å². The molecular formula is C30H45F3O2. The highest BCUT2D eigenvalue weighted by Crippen LogP contribution is 2.37. The van der Waals surface area contributed by atoms with Gasteiger partial charge in [-0.25, -0.2) is 0 Å².